The maximum atomic E-state index is 13.9. The minimum absolute atomic E-state index is 0.0427. The van der Waals surface area contributed by atoms with Crippen molar-refractivity contribution in [2.24, 2.45) is 0 Å². The highest BCUT2D eigenvalue weighted by atomic mass is 28.4. The number of methoxy groups -OCH3 is 2. The predicted octanol–water partition coefficient (Wildman–Crippen LogP) is 8.14. The number of benzene rings is 4. The number of rotatable bonds is 11. The molecule has 0 fully saturated rings. The molecule has 1 aromatic heterocycles. The molecule has 0 unspecified atom stereocenters. The number of hydrogen-bond acceptors (Lipinski definition) is 8. The van der Waals surface area contributed by atoms with Crippen LogP contribution >= 0.6 is 0 Å². The average Bonchev–Trinajstić information content (AvgIpc) is 3.13. The van der Waals surface area contributed by atoms with Gasteiger partial charge in [-0.3, -0.25) is 19.5 Å². The number of hydrogen-bond donors (Lipinski definition) is 2. The summed E-state index contributed by atoms with van der Waals surface area (Å²) in [6.07, 6.45) is 3.27. The molecule has 2 amide bonds. The summed E-state index contributed by atoms with van der Waals surface area (Å²) in [7, 11) is 1.12. The molecule has 10 nitrogen and oxygen atoms in total. The van der Waals surface area contributed by atoms with Gasteiger partial charge >= 0.3 is 0 Å². The summed E-state index contributed by atoms with van der Waals surface area (Å²) in [6, 6.07) is 24.6. The van der Waals surface area contributed by atoms with Crippen LogP contribution in [0.4, 0.5) is 11.4 Å². The monoisotopic (exact) mass is 717 g/mol. The molecule has 52 heavy (non-hydrogen) atoms. The van der Waals surface area contributed by atoms with Gasteiger partial charge in [0.05, 0.1) is 42.7 Å². The predicted molar refractivity (Wildman–Crippen MR) is 208 cm³/mol. The van der Waals surface area contributed by atoms with E-state index in [1.54, 1.807) is 38.5 Å². The Morgan fingerprint density at radius 2 is 1.54 bits per heavy atom. The van der Waals surface area contributed by atoms with Crippen LogP contribution in [0, 0.1) is 0 Å². The van der Waals surface area contributed by atoms with Gasteiger partial charge in [-0.25, -0.2) is 4.98 Å². The molecule has 0 saturated heterocycles. The second-order valence-electron chi connectivity index (χ2n) is 14.7. The minimum atomic E-state index is -2.21. The van der Waals surface area contributed by atoms with Crippen LogP contribution in [0.3, 0.4) is 0 Å². The van der Waals surface area contributed by atoms with Crippen molar-refractivity contribution in [2.75, 3.05) is 37.9 Å². The molecule has 2 N–H and O–H groups in total. The lowest BCUT2D eigenvalue weighted by Crippen LogP contribution is -2.43. The molecule has 0 aliphatic carbocycles. The van der Waals surface area contributed by atoms with Crippen LogP contribution in [0.5, 0.6) is 17.2 Å². The summed E-state index contributed by atoms with van der Waals surface area (Å²) >= 11 is 0. The van der Waals surface area contributed by atoms with E-state index in [-0.39, 0.29) is 22.2 Å². The van der Waals surface area contributed by atoms with Gasteiger partial charge < -0.3 is 24.5 Å². The lowest BCUT2D eigenvalue weighted by atomic mass is 9.98. The molecule has 1 aliphatic rings. The first-order chi connectivity index (χ1) is 24.8. The highest BCUT2D eigenvalue weighted by Crippen LogP contribution is 2.38. The van der Waals surface area contributed by atoms with E-state index in [4.69, 9.17) is 13.9 Å². The Bertz CT molecular complexity index is 2090. The van der Waals surface area contributed by atoms with E-state index in [2.05, 4.69) is 71.5 Å². The molecule has 0 saturated carbocycles. The first-order valence-corrected chi connectivity index (χ1v) is 20.5. The fourth-order valence-corrected chi connectivity index (χ4v) is 6.98. The number of anilines is 2. The van der Waals surface area contributed by atoms with Crippen LogP contribution in [0.1, 0.15) is 58.3 Å². The lowest BCUT2D eigenvalue weighted by molar-refractivity contribution is 0.102. The van der Waals surface area contributed by atoms with Crippen LogP contribution in [0.25, 0.3) is 11.0 Å². The Labute approximate surface area is 306 Å². The van der Waals surface area contributed by atoms with Crippen molar-refractivity contribution in [3.8, 4) is 17.2 Å². The van der Waals surface area contributed by atoms with Crippen molar-refractivity contribution in [2.45, 2.75) is 58.3 Å². The van der Waals surface area contributed by atoms with E-state index in [1.165, 1.54) is 22.9 Å². The third-order valence-corrected chi connectivity index (χ3v) is 14.4. The van der Waals surface area contributed by atoms with Crippen LogP contribution < -0.4 is 24.5 Å². The fraction of sp³-hybridized carbons (Fsp3) is 0.317. The van der Waals surface area contributed by atoms with Crippen molar-refractivity contribution >= 4 is 42.5 Å². The number of carbonyl (C=O) groups excluding carboxylic acids is 2. The minimum Gasteiger partial charge on any atom is -0.543 e. The van der Waals surface area contributed by atoms with Gasteiger partial charge in [-0.05, 0) is 102 Å². The van der Waals surface area contributed by atoms with E-state index >= 15 is 0 Å². The molecule has 2 heterocycles. The van der Waals surface area contributed by atoms with Gasteiger partial charge in [0.25, 0.3) is 11.8 Å². The first kappa shape index (κ1) is 36.5. The third-order valence-electron chi connectivity index (χ3n) is 10.1. The Kier molecular flexibility index (Phi) is 10.6. The van der Waals surface area contributed by atoms with Crippen molar-refractivity contribution in [1.29, 1.82) is 0 Å². The summed E-state index contributed by atoms with van der Waals surface area (Å²) in [5.74, 6) is 1.27. The second kappa shape index (κ2) is 15.1. The van der Waals surface area contributed by atoms with E-state index in [0.29, 0.717) is 28.2 Å². The molecule has 0 radical (unpaired) electrons. The van der Waals surface area contributed by atoms with Crippen molar-refractivity contribution < 1.29 is 23.5 Å². The quantitative estimate of drug-likeness (QED) is 0.132. The maximum absolute atomic E-state index is 13.9. The maximum Gasteiger partial charge on any atom is 0.275 e. The molecule has 0 spiro atoms. The number of para-hydroxylation sites is 2. The molecule has 6 rings (SSSR count). The van der Waals surface area contributed by atoms with Gasteiger partial charge in [0.15, 0.2) is 11.5 Å². The smallest absolute Gasteiger partial charge is 0.275 e. The summed E-state index contributed by atoms with van der Waals surface area (Å²) in [4.78, 5) is 38.6. The Morgan fingerprint density at radius 3 is 2.23 bits per heavy atom. The Hall–Kier alpha value is -5.26. The molecule has 1 aliphatic heterocycles. The number of carbonyl (C=O) groups is 2. The number of aromatic nitrogens is 2. The van der Waals surface area contributed by atoms with Crippen molar-refractivity contribution in [3.05, 3.63) is 113 Å². The van der Waals surface area contributed by atoms with Crippen molar-refractivity contribution in [1.82, 2.24) is 14.9 Å². The van der Waals surface area contributed by atoms with Gasteiger partial charge in [-0.1, -0.05) is 45.0 Å². The average molecular weight is 718 g/mol. The summed E-state index contributed by atoms with van der Waals surface area (Å²) < 4.78 is 17.6. The zero-order chi connectivity index (χ0) is 37.0. The van der Waals surface area contributed by atoms with Crippen molar-refractivity contribution in [3.63, 3.8) is 0 Å². The molecule has 0 atom stereocenters. The molecule has 270 valence electrons. The molecular weight excluding hydrogens is 671 g/mol. The van der Waals surface area contributed by atoms with Gasteiger partial charge in [0.2, 0.25) is 8.32 Å². The van der Waals surface area contributed by atoms with Crippen LogP contribution in [-0.2, 0) is 19.4 Å². The largest absolute Gasteiger partial charge is 0.543 e. The normalized spacial score (nSPS) is 13.3. The summed E-state index contributed by atoms with van der Waals surface area (Å²) in [5.41, 5.74) is 6.46. The van der Waals surface area contributed by atoms with E-state index in [9.17, 15) is 9.59 Å². The Balaban J connectivity index is 1.15. The van der Waals surface area contributed by atoms with E-state index in [1.807, 2.05) is 42.5 Å². The van der Waals surface area contributed by atoms with E-state index in [0.717, 1.165) is 44.0 Å². The topological polar surface area (TPSA) is 115 Å². The standard InChI is InChI=1S/C41H47N5O5Si/c1-41(2,3)52(6,7)51-31-16-17-33(45-40(48)36-25-42-34-10-8-9-11-35(34)44-36)32(24-31)39(47)43-30-14-12-27(13-15-30)18-20-46-21-19-28-22-37(49-4)38(50-5)23-29(28)26-46/h8-17,22-25H,18-21,26H2,1-7H3,(H,43,47)(H,45,48). The fourth-order valence-electron chi connectivity index (χ4n) is 5.96. The molecule has 5 aromatic rings. The molecule has 0 bridgehead atoms. The number of nitrogens with one attached hydrogen (secondary N) is 2. The number of amides is 2. The zero-order valence-corrected chi connectivity index (χ0v) is 32.0. The Morgan fingerprint density at radius 1 is 0.846 bits per heavy atom. The molecular formula is C41H47N5O5Si. The number of fused-ring (bicyclic) bond motifs is 2. The van der Waals surface area contributed by atoms with Gasteiger partial charge in [0.1, 0.15) is 11.4 Å². The lowest BCUT2D eigenvalue weighted by Gasteiger charge is -2.36. The highest BCUT2D eigenvalue weighted by molar-refractivity contribution is 6.74. The summed E-state index contributed by atoms with van der Waals surface area (Å²) in [6.45, 7) is 13.5. The van der Waals surface area contributed by atoms with Gasteiger partial charge in [-0.15, -0.1) is 0 Å². The third kappa shape index (κ3) is 8.27. The van der Waals surface area contributed by atoms with E-state index < -0.39 is 14.2 Å². The molecule has 4 aromatic carbocycles. The van der Waals surface area contributed by atoms with Gasteiger partial charge in [-0.2, -0.15) is 0 Å². The number of ether oxygens (including phenoxy) is 2. The van der Waals surface area contributed by atoms with Crippen LogP contribution in [0.15, 0.2) is 85.1 Å². The van der Waals surface area contributed by atoms with Crippen LogP contribution in [0.2, 0.25) is 18.1 Å². The van der Waals surface area contributed by atoms with Crippen LogP contribution in [-0.4, -0.2) is 62.3 Å². The number of nitrogens with zero attached hydrogens (tertiary/aromatic N) is 3. The molecule has 11 heteroatoms. The van der Waals surface area contributed by atoms with Gasteiger partial charge in [0, 0.05) is 25.3 Å². The second-order valence-corrected chi connectivity index (χ2v) is 19.4. The summed E-state index contributed by atoms with van der Waals surface area (Å²) in [5, 5.41) is 5.87. The zero-order valence-electron chi connectivity index (χ0n) is 31.0. The highest BCUT2D eigenvalue weighted by Gasteiger charge is 2.39. The SMILES string of the molecule is COc1cc2c(cc1OC)CN(CCc1ccc(NC(=O)c3cc(O[Si](C)(C)C(C)(C)C)ccc3NC(=O)c3cnc4ccccc4n3)cc1)CC2. The first-order valence-electron chi connectivity index (χ1n) is 17.6.